The van der Waals surface area contributed by atoms with Crippen molar-refractivity contribution in [3.05, 3.63) is 0 Å². The summed E-state index contributed by atoms with van der Waals surface area (Å²) in [6.45, 7) is 7.33. The van der Waals surface area contributed by atoms with Gasteiger partial charge in [-0.1, -0.05) is 20.3 Å². The minimum absolute atomic E-state index is 0.181. The molecule has 2 heteroatoms. The van der Waals surface area contributed by atoms with Crippen molar-refractivity contribution in [2.45, 2.75) is 52.2 Å². The second kappa shape index (κ2) is 4.07. The quantitative estimate of drug-likeness (QED) is 0.655. The molecule has 0 fully saturated rings. The van der Waals surface area contributed by atoms with Crippen molar-refractivity contribution in [3.63, 3.8) is 0 Å². The molecule has 2 unspecified atom stereocenters. The summed E-state index contributed by atoms with van der Waals surface area (Å²) in [5, 5.41) is 19.0. The van der Waals surface area contributed by atoms with E-state index < -0.39 is 11.7 Å². The van der Waals surface area contributed by atoms with Crippen molar-refractivity contribution in [3.8, 4) is 0 Å². The average Bonchev–Trinajstić information content (AvgIpc) is 1.85. The fraction of sp³-hybridized carbons (Fsp3) is 1.00. The van der Waals surface area contributed by atoms with Crippen molar-refractivity contribution in [1.82, 2.24) is 0 Å². The van der Waals surface area contributed by atoms with Gasteiger partial charge in [0.15, 0.2) is 0 Å². The Balaban J connectivity index is 3.91. The van der Waals surface area contributed by atoms with Crippen LogP contribution in [-0.4, -0.2) is 21.9 Å². The maximum atomic E-state index is 9.54. The molecule has 0 aliphatic carbocycles. The second-order valence-corrected chi connectivity index (χ2v) is 3.86. The molecule has 2 atom stereocenters. The largest absolute Gasteiger partial charge is 0.390 e. The molecule has 0 spiro atoms. The van der Waals surface area contributed by atoms with Crippen LogP contribution in [0.4, 0.5) is 0 Å². The number of aliphatic hydroxyl groups excluding tert-OH is 1. The Labute approximate surface area is 69.2 Å². The predicted octanol–water partition coefficient (Wildman–Crippen LogP) is 1.55. The lowest BCUT2D eigenvalue weighted by atomic mass is 9.88. The normalized spacial score (nSPS) is 18.0. The zero-order chi connectivity index (χ0) is 9.07. The maximum absolute atomic E-state index is 9.54. The van der Waals surface area contributed by atoms with Gasteiger partial charge in [-0.25, -0.2) is 0 Å². The molecule has 0 radical (unpaired) electrons. The molecule has 0 heterocycles. The molecule has 0 aromatic carbocycles. The van der Waals surface area contributed by atoms with Gasteiger partial charge in [0.25, 0.3) is 0 Å². The third-order valence-electron chi connectivity index (χ3n) is 2.01. The monoisotopic (exact) mass is 160 g/mol. The second-order valence-electron chi connectivity index (χ2n) is 3.86. The predicted molar refractivity (Wildman–Crippen MR) is 46.4 cm³/mol. The first kappa shape index (κ1) is 10.9. The van der Waals surface area contributed by atoms with Crippen molar-refractivity contribution >= 4 is 0 Å². The molecule has 2 N–H and O–H groups in total. The first-order valence-electron chi connectivity index (χ1n) is 4.30. The summed E-state index contributed by atoms with van der Waals surface area (Å²) in [6, 6.07) is 0. The Bertz CT molecular complexity index is 105. The van der Waals surface area contributed by atoms with Crippen LogP contribution in [0.1, 0.15) is 40.5 Å². The first-order valence-corrected chi connectivity index (χ1v) is 4.30. The molecule has 2 nitrogen and oxygen atoms in total. The van der Waals surface area contributed by atoms with E-state index in [0.717, 1.165) is 12.8 Å². The van der Waals surface area contributed by atoms with Crippen LogP contribution in [0.2, 0.25) is 0 Å². The van der Waals surface area contributed by atoms with Crippen molar-refractivity contribution in [1.29, 1.82) is 0 Å². The van der Waals surface area contributed by atoms with Gasteiger partial charge < -0.3 is 10.2 Å². The molecule has 0 saturated carbocycles. The highest BCUT2D eigenvalue weighted by atomic mass is 16.3. The van der Waals surface area contributed by atoms with E-state index in [1.54, 1.807) is 13.8 Å². The molecule has 0 aromatic heterocycles. The Morgan fingerprint density at radius 2 is 1.82 bits per heavy atom. The molecule has 0 aromatic rings. The average molecular weight is 160 g/mol. The van der Waals surface area contributed by atoms with Crippen molar-refractivity contribution in [2.24, 2.45) is 5.92 Å². The maximum Gasteiger partial charge on any atom is 0.0852 e. The highest BCUT2D eigenvalue weighted by Gasteiger charge is 2.28. The van der Waals surface area contributed by atoms with Crippen LogP contribution >= 0.6 is 0 Å². The standard InChI is InChI=1S/C9H20O2/c1-5-6-7(2)8(10)9(3,4)11/h7-8,10-11H,5-6H2,1-4H3. The van der Waals surface area contributed by atoms with E-state index >= 15 is 0 Å². The summed E-state index contributed by atoms with van der Waals surface area (Å²) in [6.07, 6.45) is 1.40. The molecule has 0 aliphatic rings. The van der Waals surface area contributed by atoms with Crippen LogP contribution in [0.25, 0.3) is 0 Å². The molecular weight excluding hydrogens is 140 g/mol. The molecule has 0 rings (SSSR count). The van der Waals surface area contributed by atoms with Crippen LogP contribution in [0.5, 0.6) is 0 Å². The van der Waals surface area contributed by atoms with Gasteiger partial charge in [0, 0.05) is 0 Å². The first-order chi connectivity index (χ1) is 4.89. The highest BCUT2D eigenvalue weighted by molar-refractivity contribution is 4.80. The SMILES string of the molecule is CCCC(C)C(O)C(C)(C)O. The Morgan fingerprint density at radius 3 is 2.09 bits per heavy atom. The van der Waals surface area contributed by atoms with E-state index in [4.69, 9.17) is 0 Å². The smallest absolute Gasteiger partial charge is 0.0852 e. The fourth-order valence-corrected chi connectivity index (χ4v) is 1.31. The van der Waals surface area contributed by atoms with E-state index in [2.05, 4.69) is 6.92 Å². The Morgan fingerprint density at radius 1 is 1.36 bits per heavy atom. The minimum atomic E-state index is -0.964. The molecule has 11 heavy (non-hydrogen) atoms. The summed E-state index contributed by atoms with van der Waals surface area (Å²) < 4.78 is 0. The van der Waals surface area contributed by atoms with E-state index in [1.165, 1.54) is 0 Å². The van der Waals surface area contributed by atoms with Gasteiger partial charge >= 0.3 is 0 Å². The van der Waals surface area contributed by atoms with Gasteiger partial charge in [-0.2, -0.15) is 0 Å². The van der Waals surface area contributed by atoms with E-state index in [1.807, 2.05) is 6.92 Å². The van der Waals surface area contributed by atoms with Gasteiger partial charge in [-0.3, -0.25) is 0 Å². The van der Waals surface area contributed by atoms with Crippen molar-refractivity contribution < 1.29 is 10.2 Å². The minimum Gasteiger partial charge on any atom is -0.390 e. The van der Waals surface area contributed by atoms with Gasteiger partial charge in [-0.05, 0) is 26.2 Å². The summed E-state index contributed by atoms with van der Waals surface area (Å²) in [5.74, 6) is 0.181. The molecule has 0 bridgehead atoms. The number of hydrogen-bond donors (Lipinski definition) is 2. The Hall–Kier alpha value is -0.0800. The third kappa shape index (κ3) is 3.73. The molecular formula is C9H20O2. The zero-order valence-corrected chi connectivity index (χ0v) is 7.96. The lowest BCUT2D eigenvalue weighted by Gasteiger charge is -2.29. The van der Waals surface area contributed by atoms with Crippen molar-refractivity contribution in [2.75, 3.05) is 0 Å². The lowest BCUT2D eigenvalue weighted by molar-refractivity contribution is -0.0745. The van der Waals surface area contributed by atoms with Gasteiger partial charge in [0.1, 0.15) is 0 Å². The number of rotatable bonds is 4. The van der Waals surface area contributed by atoms with Crippen LogP contribution in [0.15, 0.2) is 0 Å². The zero-order valence-electron chi connectivity index (χ0n) is 7.96. The van der Waals surface area contributed by atoms with Crippen LogP contribution in [-0.2, 0) is 0 Å². The number of hydrogen-bond acceptors (Lipinski definition) is 2. The van der Waals surface area contributed by atoms with Crippen LogP contribution < -0.4 is 0 Å². The summed E-state index contributed by atoms with van der Waals surface area (Å²) in [4.78, 5) is 0. The molecule has 68 valence electrons. The number of aliphatic hydroxyl groups is 2. The van der Waals surface area contributed by atoms with E-state index in [0.29, 0.717) is 0 Å². The summed E-state index contributed by atoms with van der Waals surface area (Å²) in [5.41, 5.74) is -0.964. The topological polar surface area (TPSA) is 40.5 Å². The van der Waals surface area contributed by atoms with Gasteiger partial charge in [-0.15, -0.1) is 0 Å². The molecule has 0 amide bonds. The summed E-state index contributed by atoms with van der Waals surface area (Å²) in [7, 11) is 0. The molecule has 0 saturated heterocycles. The Kier molecular flexibility index (Phi) is 4.04. The highest BCUT2D eigenvalue weighted by Crippen LogP contribution is 2.20. The van der Waals surface area contributed by atoms with Crippen LogP contribution in [0.3, 0.4) is 0 Å². The van der Waals surface area contributed by atoms with Gasteiger partial charge in [0.2, 0.25) is 0 Å². The van der Waals surface area contributed by atoms with E-state index in [-0.39, 0.29) is 5.92 Å². The van der Waals surface area contributed by atoms with Gasteiger partial charge in [0.05, 0.1) is 11.7 Å². The lowest BCUT2D eigenvalue weighted by Crippen LogP contribution is -2.40. The third-order valence-corrected chi connectivity index (χ3v) is 2.01. The summed E-state index contributed by atoms with van der Waals surface area (Å²) >= 11 is 0. The molecule has 0 aliphatic heterocycles. The van der Waals surface area contributed by atoms with Crippen LogP contribution in [0, 0.1) is 5.92 Å². The van der Waals surface area contributed by atoms with E-state index in [9.17, 15) is 10.2 Å². The fourth-order valence-electron chi connectivity index (χ4n) is 1.31.